The standard InChI is InChI=1S/C7H11NO4/c8-6-4(9)1-3(7(11)12)2-5(6)10/h1,4-6,9-10H,2,8H2,(H,11,12)/t4-,5+,6-/m0/s1. The van der Waals surface area contributed by atoms with Crippen LogP contribution in [-0.2, 0) is 4.79 Å². The van der Waals surface area contributed by atoms with Gasteiger partial charge in [0.1, 0.15) is 0 Å². The number of rotatable bonds is 1. The Morgan fingerprint density at radius 2 is 2.17 bits per heavy atom. The van der Waals surface area contributed by atoms with Crippen LogP contribution in [0.25, 0.3) is 0 Å². The topological polar surface area (TPSA) is 104 Å². The van der Waals surface area contributed by atoms with Gasteiger partial charge in [-0.1, -0.05) is 0 Å². The van der Waals surface area contributed by atoms with Gasteiger partial charge in [0.25, 0.3) is 0 Å². The van der Waals surface area contributed by atoms with E-state index in [0.29, 0.717) is 0 Å². The summed E-state index contributed by atoms with van der Waals surface area (Å²) in [6, 6.07) is -0.784. The SMILES string of the molecule is N[C@@H]1[C@H](O)CC(C(=O)O)=C[C@@H]1O. The summed E-state index contributed by atoms with van der Waals surface area (Å²) in [4.78, 5) is 10.4. The highest BCUT2D eigenvalue weighted by Gasteiger charge is 2.29. The lowest BCUT2D eigenvalue weighted by Gasteiger charge is -2.26. The first kappa shape index (κ1) is 9.18. The van der Waals surface area contributed by atoms with E-state index in [1.54, 1.807) is 0 Å². The maximum atomic E-state index is 10.4. The first-order valence-electron chi connectivity index (χ1n) is 3.58. The molecule has 0 aromatic carbocycles. The molecule has 5 heteroatoms. The Labute approximate surface area is 69.1 Å². The molecule has 1 aliphatic rings. The molecule has 0 aromatic rings. The van der Waals surface area contributed by atoms with E-state index < -0.39 is 24.2 Å². The van der Waals surface area contributed by atoms with Crippen LogP contribution < -0.4 is 5.73 Å². The summed E-state index contributed by atoms with van der Waals surface area (Å²) in [6.45, 7) is 0. The fourth-order valence-corrected chi connectivity index (χ4v) is 1.13. The quantitative estimate of drug-likeness (QED) is 0.384. The van der Waals surface area contributed by atoms with Crippen molar-refractivity contribution in [3.63, 3.8) is 0 Å². The summed E-state index contributed by atoms with van der Waals surface area (Å²) in [6.07, 6.45) is -0.885. The zero-order valence-corrected chi connectivity index (χ0v) is 6.34. The number of hydrogen-bond donors (Lipinski definition) is 4. The maximum Gasteiger partial charge on any atom is 0.331 e. The highest BCUT2D eigenvalue weighted by Crippen LogP contribution is 2.17. The summed E-state index contributed by atoms with van der Waals surface area (Å²) in [5.41, 5.74) is 5.36. The molecule has 5 N–H and O–H groups in total. The molecule has 0 bridgehead atoms. The van der Waals surface area contributed by atoms with E-state index in [1.165, 1.54) is 6.08 Å². The summed E-state index contributed by atoms with van der Waals surface area (Å²) in [5, 5.41) is 26.8. The second-order valence-electron chi connectivity index (χ2n) is 2.84. The molecule has 0 radical (unpaired) electrons. The van der Waals surface area contributed by atoms with Crippen molar-refractivity contribution in [1.82, 2.24) is 0 Å². The summed E-state index contributed by atoms with van der Waals surface area (Å²) >= 11 is 0. The lowest BCUT2D eigenvalue weighted by molar-refractivity contribution is -0.133. The molecular formula is C7H11NO4. The van der Waals surface area contributed by atoms with Crippen LogP contribution >= 0.6 is 0 Å². The Morgan fingerprint density at radius 3 is 2.58 bits per heavy atom. The number of carboxylic acid groups (broad SMARTS) is 1. The van der Waals surface area contributed by atoms with E-state index in [0.717, 1.165) is 0 Å². The highest BCUT2D eigenvalue weighted by molar-refractivity contribution is 5.87. The van der Waals surface area contributed by atoms with Crippen molar-refractivity contribution in [3.05, 3.63) is 11.6 Å². The monoisotopic (exact) mass is 173 g/mol. The van der Waals surface area contributed by atoms with Crippen LogP contribution in [0.2, 0.25) is 0 Å². The lowest BCUT2D eigenvalue weighted by atomic mass is 9.91. The molecule has 0 amide bonds. The largest absolute Gasteiger partial charge is 0.478 e. The molecule has 0 spiro atoms. The van der Waals surface area contributed by atoms with Crippen LogP contribution in [0.3, 0.4) is 0 Å². The molecule has 0 aromatic heterocycles. The van der Waals surface area contributed by atoms with Crippen LogP contribution in [0.4, 0.5) is 0 Å². The minimum Gasteiger partial charge on any atom is -0.478 e. The third-order valence-corrected chi connectivity index (χ3v) is 1.91. The van der Waals surface area contributed by atoms with Crippen molar-refractivity contribution in [2.75, 3.05) is 0 Å². The van der Waals surface area contributed by atoms with Crippen LogP contribution in [0.1, 0.15) is 6.42 Å². The Kier molecular flexibility index (Phi) is 2.46. The van der Waals surface area contributed by atoms with E-state index in [9.17, 15) is 9.90 Å². The van der Waals surface area contributed by atoms with Gasteiger partial charge in [0.15, 0.2) is 0 Å². The average molecular weight is 173 g/mol. The Morgan fingerprint density at radius 1 is 1.58 bits per heavy atom. The number of aliphatic hydroxyl groups excluding tert-OH is 2. The lowest BCUT2D eigenvalue weighted by Crippen LogP contribution is -2.47. The van der Waals surface area contributed by atoms with Gasteiger partial charge >= 0.3 is 5.97 Å². The van der Waals surface area contributed by atoms with E-state index in [-0.39, 0.29) is 12.0 Å². The van der Waals surface area contributed by atoms with Gasteiger partial charge in [-0.15, -0.1) is 0 Å². The number of aliphatic hydroxyl groups is 2. The maximum absolute atomic E-state index is 10.4. The zero-order chi connectivity index (χ0) is 9.30. The third-order valence-electron chi connectivity index (χ3n) is 1.91. The summed E-state index contributed by atoms with van der Waals surface area (Å²) in [7, 11) is 0. The number of carboxylic acids is 1. The second kappa shape index (κ2) is 3.22. The van der Waals surface area contributed by atoms with E-state index in [4.69, 9.17) is 15.9 Å². The molecule has 3 atom stereocenters. The molecule has 1 rings (SSSR count). The van der Waals surface area contributed by atoms with Crippen LogP contribution in [-0.4, -0.2) is 39.5 Å². The Balaban J connectivity index is 2.81. The van der Waals surface area contributed by atoms with Gasteiger partial charge in [0.2, 0.25) is 0 Å². The van der Waals surface area contributed by atoms with Crippen molar-refractivity contribution < 1.29 is 20.1 Å². The molecule has 0 aliphatic heterocycles. The molecule has 68 valence electrons. The molecule has 0 heterocycles. The van der Waals surface area contributed by atoms with Gasteiger partial charge in [-0.3, -0.25) is 0 Å². The van der Waals surface area contributed by atoms with Crippen molar-refractivity contribution in [2.45, 2.75) is 24.7 Å². The van der Waals surface area contributed by atoms with Crippen molar-refractivity contribution in [3.8, 4) is 0 Å². The second-order valence-corrected chi connectivity index (χ2v) is 2.84. The molecule has 0 saturated heterocycles. The predicted octanol–water partition coefficient (Wildman–Crippen LogP) is -1.55. The van der Waals surface area contributed by atoms with Gasteiger partial charge in [-0.2, -0.15) is 0 Å². The predicted molar refractivity (Wildman–Crippen MR) is 40.3 cm³/mol. The highest BCUT2D eigenvalue weighted by atomic mass is 16.4. The molecule has 5 nitrogen and oxygen atoms in total. The van der Waals surface area contributed by atoms with Gasteiger partial charge < -0.3 is 21.1 Å². The minimum atomic E-state index is -1.12. The normalized spacial score (nSPS) is 35.9. The van der Waals surface area contributed by atoms with Gasteiger partial charge in [-0.25, -0.2) is 4.79 Å². The van der Waals surface area contributed by atoms with E-state index in [2.05, 4.69) is 0 Å². The van der Waals surface area contributed by atoms with Crippen LogP contribution in [0.5, 0.6) is 0 Å². The Bertz CT molecular complexity index is 225. The van der Waals surface area contributed by atoms with E-state index in [1.807, 2.05) is 0 Å². The van der Waals surface area contributed by atoms with E-state index >= 15 is 0 Å². The third kappa shape index (κ3) is 1.63. The Hall–Kier alpha value is -0.910. The fourth-order valence-electron chi connectivity index (χ4n) is 1.13. The van der Waals surface area contributed by atoms with Gasteiger partial charge in [-0.05, 0) is 6.08 Å². The molecule has 1 aliphatic carbocycles. The molecule has 0 unspecified atom stereocenters. The number of aliphatic carboxylic acids is 1. The molecule has 0 saturated carbocycles. The fraction of sp³-hybridized carbons (Fsp3) is 0.571. The van der Waals surface area contributed by atoms with Crippen LogP contribution in [0.15, 0.2) is 11.6 Å². The van der Waals surface area contributed by atoms with Crippen molar-refractivity contribution >= 4 is 5.97 Å². The molecular weight excluding hydrogens is 162 g/mol. The van der Waals surface area contributed by atoms with Crippen molar-refractivity contribution in [1.29, 1.82) is 0 Å². The zero-order valence-electron chi connectivity index (χ0n) is 6.34. The molecule has 0 fully saturated rings. The number of hydrogen-bond acceptors (Lipinski definition) is 4. The van der Waals surface area contributed by atoms with Crippen molar-refractivity contribution in [2.24, 2.45) is 5.73 Å². The summed E-state index contributed by atoms with van der Waals surface area (Å²) in [5.74, 6) is -1.12. The smallest absolute Gasteiger partial charge is 0.331 e. The number of nitrogens with two attached hydrogens (primary N) is 1. The number of carbonyl (C=O) groups is 1. The first-order valence-corrected chi connectivity index (χ1v) is 3.58. The minimum absolute atomic E-state index is 0.00639. The average Bonchev–Trinajstić information content (AvgIpc) is 1.99. The summed E-state index contributed by atoms with van der Waals surface area (Å²) < 4.78 is 0. The van der Waals surface area contributed by atoms with Gasteiger partial charge in [0, 0.05) is 12.0 Å². The van der Waals surface area contributed by atoms with Gasteiger partial charge in [0.05, 0.1) is 18.2 Å². The van der Waals surface area contributed by atoms with Crippen LogP contribution in [0, 0.1) is 0 Å². The first-order chi connectivity index (χ1) is 5.52. The molecule has 12 heavy (non-hydrogen) atoms.